The molecule has 0 radical (unpaired) electrons. The molecule has 11 atom stereocenters. The van der Waals surface area contributed by atoms with E-state index in [0.717, 1.165) is 44.2 Å². The van der Waals surface area contributed by atoms with Crippen molar-refractivity contribution in [1.29, 1.82) is 0 Å². The number of Topliss-reactive ketones (excluding diaryl/α,β-unsaturated/α-hetero) is 1. The third-order valence-electron chi connectivity index (χ3n) is 16.1. The summed E-state index contributed by atoms with van der Waals surface area (Å²) in [5, 5.41) is 0. The third-order valence-corrected chi connectivity index (χ3v) is 16.1. The van der Waals surface area contributed by atoms with Gasteiger partial charge < -0.3 is 4.74 Å². The van der Waals surface area contributed by atoms with E-state index in [2.05, 4.69) is 79.9 Å². The van der Waals surface area contributed by atoms with Crippen LogP contribution in [-0.4, -0.2) is 29.0 Å². The molecular weight excluding hydrogens is 622 g/mol. The quantitative estimate of drug-likeness (QED) is 0.200. The van der Waals surface area contributed by atoms with Crippen LogP contribution in [0.5, 0.6) is 0 Å². The molecule has 5 aliphatic rings. The predicted octanol–water partition coefficient (Wildman–Crippen LogP) is 10.2. The second kappa shape index (κ2) is 14.1. The number of fused-ring (bicyclic) bond motifs is 7. The van der Waals surface area contributed by atoms with Crippen molar-refractivity contribution < 1.29 is 23.9 Å². The van der Waals surface area contributed by atoms with Gasteiger partial charge in [-0.2, -0.15) is 9.59 Å². The number of ether oxygens (including phenoxy) is 1. The second-order valence-electron chi connectivity index (χ2n) is 19.1. The number of carbonyl (C=O) groups is 2. The van der Waals surface area contributed by atoms with Crippen LogP contribution in [0.15, 0.2) is 36.5 Å². The minimum atomic E-state index is -0.221. The van der Waals surface area contributed by atoms with Gasteiger partial charge in [-0.3, -0.25) is 14.6 Å². The van der Waals surface area contributed by atoms with Crippen molar-refractivity contribution in [2.24, 2.45) is 62.6 Å². The van der Waals surface area contributed by atoms with E-state index in [0.29, 0.717) is 54.1 Å². The van der Waals surface area contributed by atoms with Crippen LogP contribution in [0.2, 0.25) is 0 Å². The zero-order chi connectivity index (χ0) is 36.9. The molecule has 6 nitrogen and oxygen atoms in total. The number of allylic oxidation sites excluding steroid dienone is 1. The molecule has 276 valence electrons. The van der Waals surface area contributed by atoms with Crippen LogP contribution < -0.4 is 0 Å². The summed E-state index contributed by atoms with van der Waals surface area (Å²) in [5.41, 5.74) is 2.74. The molecule has 0 bridgehead atoms. The van der Waals surface area contributed by atoms with Crippen molar-refractivity contribution in [2.45, 2.75) is 151 Å². The van der Waals surface area contributed by atoms with Gasteiger partial charge in [0.15, 0.2) is 0 Å². The first-order valence-corrected chi connectivity index (χ1v) is 19.7. The van der Waals surface area contributed by atoms with Crippen molar-refractivity contribution in [2.75, 3.05) is 0 Å². The number of ketones is 1. The fraction of sp³-hybridized carbons (Fsp3) is 0.773. The van der Waals surface area contributed by atoms with E-state index in [1.807, 2.05) is 18.3 Å². The minimum absolute atomic E-state index is 0.00714. The van der Waals surface area contributed by atoms with Crippen LogP contribution in [0.3, 0.4) is 0 Å². The van der Waals surface area contributed by atoms with E-state index < -0.39 is 0 Å². The number of esters is 1. The molecule has 6 rings (SSSR count). The maximum Gasteiger partial charge on any atom is 0.373 e. The van der Waals surface area contributed by atoms with Gasteiger partial charge in [0, 0.05) is 41.5 Å². The van der Waals surface area contributed by atoms with Crippen molar-refractivity contribution in [3.63, 3.8) is 0 Å². The number of nitrogens with zero attached hydrogens (tertiary/aromatic N) is 1. The molecule has 1 aromatic heterocycles. The molecule has 5 saturated carbocycles. The van der Waals surface area contributed by atoms with Crippen LogP contribution in [-0.2, 0) is 23.9 Å². The molecule has 5 aliphatic carbocycles. The minimum Gasteiger partial charge on any atom is -0.462 e. The largest absolute Gasteiger partial charge is 0.462 e. The number of pyridine rings is 1. The van der Waals surface area contributed by atoms with E-state index in [4.69, 9.17) is 14.3 Å². The number of aromatic nitrogens is 1. The molecular formula is C44H65NO5. The van der Waals surface area contributed by atoms with Crippen molar-refractivity contribution in [1.82, 2.24) is 4.98 Å². The lowest BCUT2D eigenvalue weighted by Crippen LogP contribution is -2.67. The van der Waals surface area contributed by atoms with Gasteiger partial charge in [-0.25, -0.2) is 0 Å². The Labute approximate surface area is 302 Å². The molecule has 0 saturated heterocycles. The van der Waals surface area contributed by atoms with Gasteiger partial charge in [0.25, 0.3) is 0 Å². The monoisotopic (exact) mass is 687 g/mol. The highest BCUT2D eigenvalue weighted by atomic mass is 16.5. The molecule has 5 fully saturated rings. The number of rotatable bonds is 8. The Bertz CT molecular complexity index is 1460. The van der Waals surface area contributed by atoms with Crippen LogP contribution >= 0.6 is 0 Å². The third kappa shape index (κ3) is 6.18. The predicted molar refractivity (Wildman–Crippen MR) is 196 cm³/mol. The summed E-state index contributed by atoms with van der Waals surface area (Å²) in [6.07, 6.45) is 14.6. The van der Waals surface area contributed by atoms with Crippen LogP contribution in [0.25, 0.3) is 0 Å². The first-order chi connectivity index (χ1) is 23.4. The topological polar surface area (TPSA) is 90.4 Å². The second-order valence-corrected chi connectivity index (χ2v) is 19.1. The fourth-order valence-corrected chi connectivity index (χ4v) is 13.6. The summed E-state index contributed by atoms with van der Waals surface area (Å²) in [6, 6.07) is 6.09. The van der Waals surface area contributed by atoms with Crippen LogP contribution in [0, 0.1) is 62.6 Å². The van der Waals surface area contributed by atoms with E-state index in [1.54, 1.807) is 0 Å². The summed E-state index contributed by atoms with van der Waals surface area (Å²) in [5.74, 6) is 3.54. The van der Waals surface area contributed by atoms with Crippen molar-refractivity contribution in [3.05, 3.63) is 42.2 Å². The van der Waals surface area contributed by atoms with Crippen LogP contribution in [0.4, 0.5) is 0 Å². The summed E-state index contributed by atoms with van der Waals surface area (Å²) in [4.78, 5) is 48.4. The number of hydrogen-bond donors (Lipinski definition) is 0. The van der Waals surface area contributed by atoms with Crippen molar-refractivity contribution >= 4 is 17.9 Å². The van der Waals surface area contributed by atoms with Gasteiger partial charge in [0.1, 0.15) is 11.9 Å². The van der Waals surface area contributed by atoms with Gasteiger partial charge in [0.05, 0.1) is 0 Å². The number of carbonyl (C=O) groups excluding carboxylic acids is 4. The summed E-state index contributed by atoms with van der Waals surface area (Å²) < 4.78 is 6.27. The Morgan fingerprint density at radius 3 is 2.20 bits per heavy atom. The number of hydrogen-bond acceptors (Lipinski definition) is 6. The molecule has 0 aliphatic heterocycles. The molecule has 0 amide bonds. The Kier molecular flexibility index (Phi) is 10.9. The SMILES string of the molecule is C=C(C)[C@@H]1CC[C@]2(C(=O)C[C@H](C)c3ccccn3)CC[C@]3(C)C(CCC4[C@@]5(C)CCC(OC(=O)CC(C)C)C(C)(C)C5CC[C@]43C)C12.O=C=O. The summed E-state index contributed by atoms with van der Waals surface area (Å²) in [7, 11) is 0. The average molecular weight is 688 g/mol. The first kappa shape index (κ1) is 38.6. The van der Waals surface area contributed by atoms with Gasteiger partial charge in [0.2, 0.25) is 0 Å². The first-order valence-electron chi connectivity index (χ1n) is 19.7. The van der Waals surface area contributed by atoms with Gasteiger partial charge in [-0.15, -0.1) is 0 Å². The summed E-state index contributed by atoms with van der Waals surface area (Å²) >= 11 is 0. The zero-order valence-electron chi connectivity index (χ0n) is 32.6. The molecule has 50 heavy (non-hydrogen) atoms. The summed E-state index contributed by atoms with van der Waals surface area (Å²) in [6.45, 7) is 26.0. The standard InChI is InChI=1S/C43H65NO3.CO2/c1-27(2)25-37(46)47-36-18-19-40(8)33(39(36,6)7)17-20-42(10)34(40)15-14-31-38-30(28(3)4)16-21-43(38,23-22-41(31,42)9)35(45)26-29(5)32-13-11-12-24-44-32;2-1-3/h11-13,24,27,29-31,33-34,36,38H,3,14-23,25-26H2,1-2,4-10H3;/t29-,30-,31?,33?,34?,36?,38?,40-,41+,42+,43+;/m0./s1. The lowest BCUT2D eigenvalue weighted by atomic mass is 9.32. The molecule has 6 heteroatoms. The normalized spacial score (nSPS) is 40.4. The van der Waals surface area contributed by atoms with E-state index in [-0.39, 0.29) is 51.2 Å². The van der Waals surface area contributed by atoms with E-state index in [9.17, 15) is 9.59 Å². The van der Waals surface area contributed by atoms with Gasteiger partial charge >= 0.3 is 12.1 Å². The maximum atomic E-state index is 14.7. The smallest absolute Gasteiger partial charge is 0.373 e. The van der Waals surface area contributed by atoms with E-state index >= 15 is 0 Å². The molecule has 1 aromatic rings. The maximum absolute atomic E-state index is 14.7. The van der Waals surface area contributed by atoms with Crippen LogP contribution in [0.1, 0.15) is 151 Å². The molecule has 0 N–H and O–H groups in total. The molecule has 1 heterocycles. The molecule has 0 aromatic carbocycles. The van der Waals surface area contributed by atoms with Gasteiger partial charge in [-0.05, 0) is 135 Å². The fourth-order valence-electron chi connectivity index (χ4n) is 13.6. The Balaban J connectivity index is 0.00000156. The van der Waals surface area contributed by atoms with Crippen molar-refractivity contribution in [3.8, 4) is 0 Å². The van der Waals surface area contributed by atoms with E-state index in [1.165, 1.54) is 31.3 Å². The van der Waals surface area contributed by atoms with Gasteiger partial charge in [-0.1, -0.05) is 73.6 Å². The Hall–Kier alpha value is -2.59. The highest BCUT2D eigenvalue weighted by Gasteiger charge is 2.72. The zero-order valence-corrected chi connectivity index (χ0v) is 32.6. The lowest BCUT2D eigenvalue weighted by Gasteiger charge is -2.73. The highest BCUT2D eigenvalue weighted by Crippen LogP contribution is 2.77. The molecule has 5 unspecified atom stereocenters. The Morgan fingerprint density at radius 2 is 1.58 bits per heavy atom. The highest BCUT2D eigenvalue weighted by molar-refractivity contribution is 5.86. The average Bonchev–Trinajstić information content (AvgIpc) is 3.45. The Morgan fingerprint density at radius 1 is 0.880 bits per heavy atom. The lowest BCUT2D eigenvalue weighted by molar-refractivity contribution is -0.249. The molecule has 0 spiro atoms.